The highest BCUT2D eigenvalue weighted by Gasteiger charge is 2.21. The quantitative estimate of drug-likeness (QED) is 0.693. The monoisotopic (exact) mass is 363 g/mol. The van der Waals surface area contributed by atoms with Crippen LogP contribution >= 0.6 is 0 Å². The second-order valence-corrected chi connectivity index (χ2v) is 5.83. The van der Waals surface area contributed by atoms with Gasteiger partial charge in [0.1, 0.15) is 18.0 Å². The van der Waals surface area contributed by atoms with Crippen molar-refractivity contribution in [1.82, 2.24) is 34.5 Å². The van der Waals surface area contributed by atoms with Crippen molar-refractivity contribution in [2.24, 2.45) is 0 Å². The summed E-state index contributed by atoms with van der Waals surface area (Å²) in [6, 6.07) is 0. The van der Waals surface area contributed by atoms with E-state index in [0.29, 0.717) is 13.0 Å². The van der Waals surface area contributed by atoms with Gasteiger partial charge in [0, 0.05) is 58.0 Å². The topological polar surface area (TPSA) is 120 Å². The zero-order chi connectivity index (χ0) is 18.8. The molecule has 3 heterocycles. The minimum absolute atomic E-state index is 0.222. The Balaban J connectivity index is 0.000000758. The predicted molar refractivity (Wildman–Crippen MR) is 93.2 cm³/mol. The van der Waals surface area contributed by atoms with Crippen LogP contribution in [0.15, 0.2) is 18.7 Å². The average Bonchev–Trinajstić information content (AvgIpc) is 3.32. The summed E-state index contributed by atoms with van der Waals surface area (Å²) in [5.74, 6) is 2.13. The normalized spacial score (nSPS) is 14.6. The minimum Gasteiger partial charge on any atom is -0.483 e. The summed E-state index contributed by atoms with van der Waals surface area (Å²) in [6.07, 6.45) is 6.69. The smallest absolute Gasteiger partial charge is 0.290 e. The number of nitrogens with zero attached hydrogens (tertiary/aromatic N) is 6. The number of carboxylic acid groups (broad SMARTS) is 1. The van der Waals surface area contributed by atoms with Crippen LogP contribution in [0.4, 0.5) is 0 Å². The van der Waals surface area contributed by atoms with Gasteiger partial charge in [-0.2, -0.15) is 5.10 Å². The third-order valence-corrected chi connectivity index (χ3v) is 4.25. The standard InChI is InChI=1S/C15H23N7O.CH2O2/c1-2-14-16-4-6-21(14)5-3-15(23)22-9-7-20(8-10-22)11-13-17-12-18-19-13;2-1-3/h4,6,12H,2-3,5,7-11H2,1H3,(H,17,18,19);1H,(H,2,3). The van der Waals surface area contributed by atoms with E-state index >= 15 is 0 Å². The SMILES string of the molecule is CCc1nccn1CCC(=O)N1CCN(Cc2ncn[nH]2)CC1.O=CO. The molecule has 142 valence electrons. The summed E-state index contributed by atoms with van der Waals surface area (Å²) < 4.78 is 2.07. The summed E-state index contributed by atoms with van der Waals surface area (Å²) in [7, 11) is 0. The number of rotatable bonds is 6. The third-order valence-electron chi connectivity index (χ3n) is 4.25. The molecule has 1 saturated heterocycles. The number of amides is 1. The summed E-state index contributed by atoms with van der Waals surface area (Å²) in [6.45, 7) is 6.59. The number of aromatic nitrogens is 5. The number of aromatic amines is 1. The van der Waals surface area contributed by atoms with Gasteiger partial charge in [0.2, 0.25) is 5.91 Å². The first-order valence-electron chi connectivity index (χ1n) is 8.60. The van der Waals surface area contributed by atoms with Crippen molar-refractivity contribution in [2.45, 2.75) is 32.9 Å². The van der Waals surface area contributed by atoms with E-state index in [9.17, 15) is 4.79 Å². The summed E-state index contributed by atoms with van der Waals surface area (Å²) in [5.41, 5.74) is 0. The molecule has 0 atom stereocenters. The van der Waals surface area contributed by atoms with Gasteiger partial charge in [0.15, 0.2) is 0 Å². The van der Waals surface area contributed by atoms with Gasteiger partial charge in [-0.1, -0.05) is 6.92 Å². The lowest BCUT2D eigenvalue weighted by molar-refractivity contribution is -0.133. The molecule has 1 aliphatic rings. The number of hydrogen-bond acceptors (Lipinski definition) is 6. The third kappa shape index (κ3) is 5.66. The van der Waals surface area contributed by atoms with Crippen molar-refractivity contribution in [2.75, 3.05) is 26.2 Å². The lowest BCUT2D eigenvalue weighted by atomic mass is 10.2. The van der Waals surface area contributed by atoms with Crippen LogP contribution in [-0.4, -0.2) is 78.2 Å². The lowest BCUT2D eigenvalue weighted by Gasteiger charge is -2.34. The fraction of sp³-hybridized carbons (Fsp3) is 0.562. The van der Waals surface area contributed by atoms with E-state index < -0.39 is 0 Å². The number of H-pyrrole nitrogens is 1. The minimum atomic E-state index is -0.250. The molecule has 26 heavy (non-hydrogen) atoms. The van der Waals surface area contributed by atoms with Crippen LogP contribution in [-0.2, 0) is 29.1 Å². The Bertz CT molecular complexity index is 663. The van der Waals surface area contributed by atoms with Gasteiger partial charge in [-0.05, 0) is 0 Å². The molecule has 0 bridgehead atoms. The van der Waals surface area contributed by atoms with Gasteiger partial charge < -0.3 is 14.6 Å². The maximum Gasteiger partial charge on any atom is 0.290 e. The van der Waals surface area contributed by atoms with E-state index in [1.54, 1.807) is 6.20 Å². The van der Waals surface area contributed by atoms with Crippen molar-refractivity contribution in [3.63, 3.8) is 0 Å². The van der Waals surface area contributed by atoms with Gasteiger partial charge >= 0.3 is 0 Å². The van der Waals surface area contributed by atoms with Crippen LogP contribution < -0.4 is 0 Å². The Morgan fingerprint density at radius 2 is 2.04 bits per heavy atom. The van der Waals surface area contributed by atoms with Gasteiger partial charge in [-0.25, -0.2) is 9.97 Å². The van der Waals surface area contributed by atoms with Gasteiger partial charge in [-0.15, -0.1) is 0 Å². The lowest BCUT2D eigenvalue weighted by Crippen LogP contribution is -2.48. The highest BCUT2D eigenvalue weighted by atomic mass is 16.3. The van der Waals surface area contributed by atoms with Crippen molar-refractivity contribution in [3.8, 4) is 0 Å². The fourth-order valence-corrected chi connectivity index (χ4v) is 2.91. The van der Waals surface area contributed by atoms with Gasteiger partial charge in [0.25, 0.3) is 6.47 Å². The molecule has 1 fully saturated rings. The fourth-order valence-electron chi connectivity index (χ4n) is 2.91. The van der Waals surface area contributed by atoms with Crippen molar-refractivity contribution < 1.29 is 14.7 Å². The highest BCUT2D eigenvalue weighted by molar-refractivity contribution is 5.76. The average molecular weight is 363 g/mol. The van der Waals surface area contributed by atoms with Crippen molar-refractivity contribution in [1.29, 1.82) is 0 Å². The number of carbonyl (C=O) groups is 2. The van der Waals surface area contributed by atoms with E-state index in [0.717, 1.165) is 50.8 Å². The first-order chi connectivity index (χ1) is 12.7. The first kappa shape index (κ1) is 19.6. The molecule has 10 nitrogen and oxygen atoms in total. The molecule has 10 heteroatoms. The molecule has 0 unspecified atom stereocenters. The summed E-state index contributed by atoms with van der Waals surface area (Å²) >= 11 is 0. The molecule has 3 rings (SSSR count). The van der Waals surface area contributed by atoms with Crippen molar-refractivity contribution in [3.05, 3.63) is 30.4 Å². The van der Waals surface area contributed by atoms with Crippen LogP contribution in [0, 0.1) is 0 Å². The summed E-state index contributed by atoms with van der Waals surface area (Å²) in [5, 5.41) is 13.6. The zero-order valence-corrected chi connectivity index (χ0v) is 14.9. The molecule has 0 aromatic carbocycles. The molecule has 0 spiro atoms. The molecule has 0 radical (unpaired) electrons. The van der Waals surface area contributed by atoms with E-state index in [-0.39, 0.29) is 12.4 Å². The van der Waals surface area contributed by atoms with Crippen LogP contribution in [0.1, 0.15) is 25.0 Å². The molecule has 2 aromatic heterocycles. The first-order valence-corrected chi connectivity index (χ1v) is 8.60. The maximum absolute atomic E-state index is 12.4. The maximum atomic E-state index is 12.4. The van der Waals surface area contributed by atoms with Gasteiger partial charge in [0.05, 0.1) is 6.54 Å². The summed E-state index contributed by atoms with van der Waals surface area (Å²) in [4.78, 5) is 33.4. The second kappa shape index (κ2) is 10.3. The van der Waals surface area contributed by atoms with Gasteiger partial charge in [-0.3, -0.25) is 19.6 Å². The highest BCUT2D eigenvalue weighted by Crippen LogP contribution is 2.08. The largest absolute Gasteiger partial charge is 0.483 e. The molecule has 2 N–H and O–H groups in total. The number of nitrogens with one attached hydrogen (secondary N) is 1. The molecule has 2 aromatic rings. The molecular formula is C16H25N7O3. The van der Waals surface area contributed by atoms with Crippen LogP contribution in [0.3, 0.4) is 0 Å². The Morgan fingerprint density at radius 3 is 2.65 bits per heavy atom. The number of piperazine rings is 1. The Kier molecular flexibility index (Phi) is 7.75. The number of aryl methyl sites for hydroxylation is 2. The van der Waals surface area contributed by atoms with E-state index in [4.69, 9.17) is 9.90 Å². The van der Waals surface area contributed by atoms with E-state index in [1.165, 1.54) is 6.33 Å². The number of imidazole rings is 1. The Labute approximate surface area is 151 Å². The van der Waals surface area contributed by atoms with Crippen LogP contribution in [0.2, 0.25) is 0 Å². The van der Waals surface area contributed by atoms with E-state index in [1.807, 2.05) is 11.1 Å². The van der Waals surface area contributed by atoms with Crippen molar-refractivity contribution >= 4 is 12.4 Å². The Hall–Kier alpha value is -2.75. The van der Waals surface area contributed by atoms with Crippen LogP contribution in [0.5, 0.6) is 0 Å². The molecule has 0 saturated carbocycles. The predicted octanol–water partition coefficient (Wildman–Crippen LogP) is -0.00110. The molecule has 1 amide bonds. The number of carbonyl (C=O) groups excluding carboxylic acids is 1. The number of hydrogen-bond donors (Lipinski definition) is 2. The second-order valence-electron chi connectivity index (χ2n) is 5.83. The zero-order valence-electron chi connectivity index (χ0n) is 14.9. The molecular weight excluding hydrogens is 338 g/mol. The Morgan fingerprint density at radius 1 is 1.31 bits per heavy atom. The van der Waals surface area contributed by atoms with E-state index in [2.05, 4.69) is 36.6 Å². The molecule has 1 aliphatic heterocycles. The molecule has 0 aliphatic carbocycles. The van der Waals surface area contributed by atoms with Crippen LogP contribution in [0.25, 0.3) is 0 Å².